The predicted octanol–water partition coefficient (Wildman–Crippen LogP) is 3.03. The molecule has 0 radical (unpaired) electrons. The molecule has 0 saturated carbocycles. The summed E-state index contributed by atoms with van der Waals surface area (Å²) >= 11 is 1.99. The van der Waals surface area contributed by atoms with Crippen molar-refractivity contribution in [2.75, 3.05) is 11.9 Å². The number of carboxylic acid groups (broad SMARTS) is 1. The summed E-state index contributed by atoms with van der Waals surface area (Å²) in [7, 11) is 0. The third-order valence-electron chi connectivity index (χ3n) is 3.29. The van der Waals surface area contributed by atoms with Crippen molar-refractivity contribution >= 4 is 39.9 Å². The van der Waals surface area contributed by atoms with Gasteiger partial charge in [-0.15, -0.1) is 0 Å². The molecular formula is C17H15FIN3O4. The van der Waals surface area contributed by atoms with E-state index < -0.39 is 18.0 Å². The van der Waals surface area contributed by atoms with Gasteiger partial charge in [-0.2, -0.15) is 10.7 Å². The zero-order valence-electron chi connectivity index (χ0n) is 13.4. The zero-order chi connectivity index (χ0) is 19.1. The summed E-state index contributed by atoms with van der Waals surface area (Å²) in [4.78, 5) is 15.4. The molecule has 0 fully saturated rings. The highest BCUT2D eigenvalue weighted by atomic mass is 127. The Bertz CT molecular complexity index is 841. The molecule has 26 heavy (non-hydrogen) atoms. The van der Waals surface area contributed by atoms with Crippen LogP contribution >= 0.6 is 22.6 Å². The van der Waals surface area contributed by atoms with E-state index in [4.69, 9.17) is 15.2 Å². The molecule has 1 atom stereocenters. The van der Waals surface area contributed by atoms with Crippen LogP contribution in [0.5, 0.6) is 0 Å². The minimum absolute atomic E-state index is 0.142. The monoisotopic (exact) mass is 471 g/mol. The first-order valence-corrected chi connectivity index (χ1v) is 8.52. The van der Waals surface area contributed by atoms with Crippen molar-refractivity contribution < 1.29 is 24.2 Å². The molecule has 9 heteroatoms. The number of aliphatic hydroxyl groups is 1. The highest BCUT2D eigenvalue weighted by Gasteiger charge is 2.15. The largest absolute Gasteiger partial charge is 0.481 e. The molecule has 7 nitrogen and oxygen atoms in total. The quantitative estimate of drug-likeness (QED) is 0.203. The maximum Gasteiger partial charge on any atom is 0.305 e. The number of nitrogens with one attached hydrogen (secondary N) is 2. The number of anilines is 2. The van der Waals surface area contributed by atoms with E-state index in [0.717, 1.165) is 3.57 Å². The number of rotatable bonds is 8. The smallest absolute Gasteiger partial charge is 0.305 e. The van der Waals surface area contributed by atoms with E-state index >= 15 is 0 Å². The van der Waals surface area contributed by atoms with E-state index in [1.54, 1.807) is 12.1 Å². The summed E-state index contributed by atoms with van der Waals surface area (Å²) < 4.78 is 14.8. The van der Waals surface area contributed by atoms with Crippen LogP contribution in [0.2, 0.25) is 0 Å². The average molecular weight is 471 g/mol. The Morgan fingerprint density at radius 2 is 2.08 bits per heavy atom. The van der Waals surface area contributed by atoms with Gasteiger partial charge in [-0.3, -0.25) is 9.63 Å². The highest BCUT2D eigenvalue weighted by molar-refractivity contribution is 14.1. The summed E-state index contributed by atoms with van der Waals surface area (Å²) in [6.07, 6.45) is -1.54. The zero-order valence-corrected chi connectivity index (χ0v) is 15.5. The fourth-order valence-electron chi connectivity index (χ4n) is 2.05. The van der Waals surface area contributed by atoms with Crippen molar-refractivity contribution in [1.29, 1.82) is 5.26 Å². The molecule has 136 valence electrons. The second kappa shape index (κ2) is 9.44. The lowest BCUT2D eigenvalue weighted by Gasteiger charge is -2.18. The lowest BCUT2D eigenvalue weighted by Crippen LogP contribution is -2.23. The molecule has 1 unspecified atom stereocenters. The number of nitrogens with zero attached hydrogens (tertiary/aromatic N) is 1. The van der Waals surface area contributed by atoms with Crippen molar-refractivity contribution in [2.45, 2.75) is 12.6 Å². The topological polar surface area (TPSA) is 115 Å². The molecule has 4 N–H and O–H groups in total. The van der Waals surface area contributed by atoms with E-state index in [9.17, 15) is 14.3 Å². The molecule has 0 heterocycles. The maximum absolute atomic E-state index is 14.1. The van der Waals surface area contributed by atoms with Crippen LogP contribution in [0.1, 0.15) is 23.8 Å². The minimum atomic E-state index is -1.31. The van der Waals surface area contributed by atoms with Crippen molar-refractivity contribution in [1.82, 2.24) is 5.48 Å². The van der Waals surface area contributed by atoms with E-state index in [0.29, 0.717) is 16.8 Å². The summed E-state index contributed by atoms with van der Waals surface area (Å²) in [5.74, 6) is -1.51. The number of hydroxylamine groups is 1. The SMILES string of the molecule is N#Cc1ccc(C(O)NOCCC(=O)O)c(Nc2ccc(I)cc2F)c1. The van der Waals surface area contributed by atoms with Crippen LogP contribution in [0.3, 0.4) is 0 Å². The van der Waals surface area contributed by atoms with Gasteiger partial charge in [0, 0.05) is 14.8 Å². The number of benzene rings is 2. The third-order valence-corrected chi connectivity index (χ3v) is 3.96. The summed E-state index contributed by atoms with van der Waals surface area (Å²) in [5.41, 5.74) is 3.43. The van der Waals surface area contributed by atoms with Gasteiger partial charge in [-0.1, -0.05) is 6.07 Å². The Kier molecular flexibility index (Phi) is 7.28. The van der Waals surface area contributed by atoms with Crippen molar-refractivity contribution in [3.63, 3.8) is 0 Å². The number of carbonyl (C=O) groups is 1. The fourth-order valence-corrected chi connectivity index (χ4v) is 2.50. The summed E-state index contributed by atoms with van der Waals surface area (Å²) in [6, 6.07) is 11.0. The van der Waals surface area contributed by atoms with Crippen LogP contribution in [0.15, 0.2) is 36.4 Å². The summed E-state index contributed by atoms with van der Waals surface area (Å²) in [5, 5.41) is 30.7. The van der Waals surface area contributed by atoms with Gasteiger partial charge in [0.15, 0.2) is 6.23 Å². The van der Waals surface area contributed by atoms with E-state index in [-0.39, 0.29) is 18.7 Å². The van der Waals surface area contributed by atoms with Crippen LogP contribution < -0.4 is 10.8 Å². The van der Waals surface area contributed by atoms with Gasteiger partial charge in [-0.25, -0.2) is 4.39 Å². The van der Waals surface area contributed by atoms with Crippen molar-refractivity contribution in [3.8, 4) is 6.07 Å². The first kappa shape index (κ1) is 20.1. The van der Waals surface area contributed by atoms with Crippen LogP contribution in [-0.4, -0.2) is 22.8 Å². The Morgan fingerprint density at radius 3 is 2.73 bits per heavy atom. The van der Waals surface area contributed by atoms with Crippen molar-refractivity contribution in [2.24, 2.45) is 0 Å². The van der Waals surface area contributed by atoms with Gasteiger partial charge in [0.25, 0.3) is 0 Å². The number of hydrogen-bond acceptors (Lipinski definition) is 6. The minimum Gasteiger partial charge on any atom is -0.481 e. The van der Waals surface area contributed by atoms with Gasteiger partial charge in [-0.05, 0) is 52.9 Å². The third kappa shape index (κ3) is 5.63. The van der Waals surface area contributed by atoms with Crippen LogP contribution in [0.4, 0.5) is 15.8 Å². The Balaban J connectivity index is 2.20. The summed E-state index contributed by atoms with van der Waals surface area (Å²) in [6.45, 7) is -0.142. The first-order valence-electron chi connectivity index (χ1n) is 7.44. The number of aliphatic carboxylic acids is 1. The highest BCUT2D eigenvalue weighted by Crippen LogP contribution is 2.28. The van der Waals surface area contributed by atoms with E-state index in [1.165, 1.54) is 24.3 Å². The molecule has 0 saturated heterocycles. The standard InChI is InChI=1S/C17H15FIN3O4/c18-13-8-11(19)2-4-14(13)21-15-7-10(9-20)1-3-12(15)17(25)22-26-6-5-16(23)24/h1-4,7-8,17,21-22,25H,5-6H2,(H,23,24). The number of nitriles is 1. The number of aliphatic hydroxyl groups excluding tert-OH is 1. The molecule has 2 aromatic carbocycles. The van der Waals surface area contributed by atoms with Crippen LogP contribution in [0.25, 0.3) is 0 Å². The van der Waals surface area contributed by atoms with E-state index in [2.05, 4.69) is 10.8 Å². The molecule has 0 amide bonds. The van der Waals surface area contributed by atoms with Gasteiger partial charge in [0.2, 0.25) is 0 Å². The Hall–Kier alpha value is -2.26. The molecule has 2 rings (SSSR count). The molecule has 0 aliphatic rings. The van der Waals surface area contributed by atoms with Gasteiger partial charge in [0.05, 0.1) is 30.3 Å². The number of hydrogen-bond donors (Lipinski definition) is 4. The number of halogens is 2. The maximum atomic E-state index is 14.1. The molecule has 0 bridgehead atoms. The molecule has 0 aliphatic heterocycles. The Labute approximate surface area is 162 Å². The van der Waals surface area contributed by atoms with Gasteiger partial charge >= 0.3 is 5.97 Å². The molecule has 0 aromatic heterocycles. The normalized spacial score (nSPS) is 11.6. The lowest BCUT2D eigenvalue weighted by molar-refractivity contribution is -0.140. The predicted molar refractivity (Wildman–Crippen MR) is 99.9 cm³/mol. The molecule has 0 aliphatic carbocycles. The molecule has 0 spiro atoms. The van der Waals surface area contributed by atoms with Gasteiger partial charge < -0.3 is 15.5 Å². The first-order chi connectivity index (χ1) is 12.4. The molecule has 2 aromatic rings. The second-order valence-electron chi connectivity index (χ2n) is 5.18. The second-order valence-corrected chi connectivity index (χ2v) is 6.42. The fraction of sp³-hybridized carbons (Fsp3) is 0.176. The van der Waals surface area contributed by atoms with E-state index in [1.807, 2.05) is 28.7 Å². The number of carboxylic acids is 1. The van der Waals surface area contributed by atoms with Crippen LogP contribution in [0, 0.1) is 20.7 Å². The van der Waals surface area contributed by atoms with Gasteiger partial charge in [0.1, 0.15) is 5.82 Å². The average Bonchev–Trinajstić information content (AvgIpc) is 2.60. The van der Waals surface area contributed by atoms with Crippen molar-refractivity contribution in [3.05, 3.63) is 56.9 Å². The van der Waals surface area contributed by atoms with Crippen LogP contribution in [-0.2, 0) is 9.63 Å². The molecular weight excluding hydrogens is 456 g/mol. The lowest BCUT2D eigenvalue weighted by atomic mass is 10.1. The Morgan fingerprint density at radius 1 is 1.31 bits per heavy atom.